The van der Waals surface area contributed by atoms with Crippen LogP contribution in [0.3, 0.4) is 0 Å². The van der Waals surface area contributed by atoms with Crippen molar-refractivity contribution in [2.45, 2.75) is 33.4 Å². The summed E-state index contributed by atoms with van der Waals surface area (Å²) in [5.41, 5.74) is 2.63. The Labute approximate surface area is 152 Å². The molecule has 0 bridgehead atoms. The molecule has 2 fully saturated rings. The molecule has 6 heteroatoms. The number of hydrogen-bond donors (Lipinski definition) is 1. The normalized spacial score (nSPS) is 26.6. The van der Waals surface area contributed by atoms with Gasteiger partial charge in [0.1, 0.15) is 0 Å². The van der Waals surface area contributed by atoms with Gasteiger partial charge in [-0.3, -0.25) is 9.58 Å². The monoisotopic (exact) mass is 349 g/mol. The van der Waals surface area contributed by atoms with Gasteiger partial charge in [0, 0.05) is 76.8 Å². The van der Waals surface area contributed by atoms with Crippen LogP contribution in [0.1, 0.15) is 24.6 Å². The largest absolute Gasteiger partial charge is 0.396 e. The molecule has 2 aliphatic heterocycles. The fraction of sp³-hybridized carbons (Fsp3) is 0.842. The fourth-order valence-corrected chi connectivity index (χ4v) is 4.26. The summed E-state index contributed by atoms with van der Waals surface area (Å²) in [5, 5.41) is 14.4. The van der Waals surface area contributed by atoms with Crippen molar-refractivity contribution in [3.63, 3.8) is 0 Å². The zero-order chi connectivity index (χ0) is 17.8. The number of nitrogens with zero attached hydrogens (tertiary/aromatic N) is 5. The average Bonchev–Trinajstić information content (AvgIpc) is 3.15. The first-order valence-electron chi connectivity index (χ1n) is 9.86. The first kappa shape index (κ1) is 18.8. The van der Waals surface area contributed by atoms with Gasteiger partial charge in [-0.05, 0) is 32.2 Å². The Morgan fingerprint density at radius 2 is 1.84 bits per heavy atom. The molecule has 2 saturated heterocycles. The molecule has 3 rings (SSSR count). The molecular weight excluding hydrogens is 314 g/mol. The molecule has 1 aromatic heterocycles. The lowest BCUT2D eigenvalue weighted by Crippen LogP contribution is -2.47. The van der Waals surface area contributed by atoms with E-state index in [1.54, 1.807) is 0 Å². The van der Waals surface area contributed by atoms with Gasteiger partial charge in [0.25, 0.3) is 0 Å². The number of aliphatic hydroxyl groups is 1. The minimum atomic E-state index is 0.309. The molecule has 0 spiro atoms. The van der Waals surface area contributed by atoms with Crippen molar-refractivity contribution in [2.75, 3.05) is 59.5 Å². The number of likely N-dealkylation sites (N-methyl/N-ethyl adjacent to an activating group) is 1. The lowest BCUT2D eigenvalue weighted by molar-refractivity contribution is 0.116. The molecule has 3 heterocycles. The Kier molecular flexibility index (Phi) is 6.49. The quantitative estimate of drug-likeness (QED) is 0.792. The smallest absolute Gasteiger partial charge is 0.0537 e. The summed E-state index contributed by atoms with van der Waals surface area (Å²) in [7, 11) is 2.20. The molecule has 0 radical (unpaired) electrons. The van der Waals surface area contributed by atoms with Crippen LogP contribution in [0.25, 0.3) is 0 Å². The molecule has 25 heavy (non-hydrogen) atoms. The Balaban J connectivity index is 1.55. The minimum absolute atomic E-state index is 0.309. The van der Waals surface area contributed by atoms with Crippen molar-refractivity contribution in [3.8, 4) is 0 Å². The molecule has 0 saturated carbocycles. The van der Waals surface area contributed by atoms with Gasteiger partial charge < -0.3 is 14.9 Å². The SMILES string of the molecule is CCCn1ncc(CN2C[C@@H](CN3CCN(C)CC3)[C@@H](CO)C2)c1C. The lowest BCUT2D eigenvalue weighted by Gasteiger charge is -2.34. The van der Waals surface area contributed by atoms with Crippen LogP contribution in [0.2, 0.25) is 0 Å². The highest BCUT2D eigenvalue weighted by atomic mass is 16.3. The maximum atomic E-state index is 9.85. The van der Waals surface area contributed by atoms with Crippen LogP contribution in [-0.4, -0.2) is 89.1 Å². The number of likely N-dealkylation sites (tertiary alicyclic amines) is 1. The standard InChI is InChI=1S/C19H35N5O/c1-4-5-24-16(2)17(10-20-24)11-23-13-18(19(14-23)15-25)12-22-8-6-21(3)7-9-22/h10,18-19,25H,4-9,11-15H2,1-3H3/t18-,19-/m1/s1. The molecule has 2 aliphatic rings. The molecule has 2 atom stereocenters. The van der Waals surface area contributed by atoms with Crippen molar-refractivity contribution < 1.29 is 5.11 Å². The topological polar surface area (TPSA) is 47.8 Å². The summed E-state index contributed by atoms with van der Waals surface area (Å²) < 4.78 is 2.12. The Bertz CT molecular complexity index is 538. The molecule has 0 amide bonds. The highest BCUT2D eigenvalue weighted by molar-refractivity contribution is 5.16. The second-order valence-corrected chi connectivity index (χ2v) is 7.98. The van der Waals surface area contributed by atoms with Crippen molar-refractivity contribution in [1.82, 2.24) is 24.5 Å². The highest BCUT2D eigenvalue weighted by Gasteiger charge is 2.34. The van der Waals surface area contributed by atoms with E-state index in [4.69, 9.17) is 0 Å². The number of hydrogen-bond acceptors (Lipinski definition) is 5. The molecule has 142 valence electrons. The second kappa shape index (κ2) is 8.62. The average molecular weight is 350 g/mol. The van der Waals surface area contributed by atoms with E-state index in [9.17, 15) is 5.11 Å². The van der Waals surface area contributed by atoms with Gasteiger partial charge in [0.15, 0.2) is 0 Å². The maximum absolute atomic E-state index is 9.85. The van der Waals surface area contributed by atoms with Crippen LogP contribution in [-0.2, 0) is 13.1 Å². The van der Waals surface area contributed by atoms with Gasteiger partial charge in [-0.2, -0.15) is 5.10 Å². The van der Waals surface area contributed by atoms with E-state index < -0.39 is 0 Å². The Morgan fingerprint density at radius 1 is 1.12 bits per heavy atom. The van der Waals surface area contributed by atoms with Crippen LogP contribution >= 0.6 is 0 Å². The third-order valence-corrected chi connectivity index (χ3v) is 6.01. The summed E-state index contributed by atoms with van der Waals surface area (Å²) in [4.78, 5) is 7.50. The molecular formula is C19H35N5O. The van der Waals surface area contributed by atoms with E-state index in [0.717, 1.165) is 65.3 Å². The van der Waals surface area contributed by atoms with E-state index in [1.165, 1.54) is 11.3 Å². The summed E-state index contributed by atoms with van der Waals surface area (Å²) in [6.45, 7) is 14.5. The summed E-state index contributed by atoms with van der Waals surface area (Å²) in [6.07, 6.45) is 3.15. The van der Waals surface area contributed by atoms with Crippen LogP contribution in [0.15, 0.2) is 6.20 Å². The first-order chi connectivity index (χ1) is 12.1. The van der Waals surface area contributed by atoms with Gasteiger partial charge in [0.2, 0.25) is 0 Å². The van der Waals surface area contributed by atoms with Gasteiger partial charge in [0.05, 0.1) is 6.20 Å². The summed E-state index contributed by atoms with van der Waals surface area (Å²) >= 11 is 0. The summed E-state index contributed by atoms with van der Waals surface area (Å²) in [5.74, 6) is 0.991. The predicted octanol–water partition coefficient (Wildman–Crippen LogP) is 0.889. The zero-order valence-corrected chi connectivity index (χ0v) is 16.2. The second-order valence-electron chi connectivity index (χ2n) is 7.98. The van der Waals surface area contributed by atoms with E-state index in [1.807, 2.05) is 6.20 Å². The van der Waals surface area contributed by atoms with E-state index in [2.05, 4.69) is 45.4 Å². The molecule has 0 aliphatic carbocycles. The number of rotatable bonds is 7. The number of aryl methyl sites for hydroxylation is 1. The number of aromatic nitrogens is 2. The van der Waals surface area contributed by atoms with Gasteiger partial charge in [-0.15, -0.1) is 0 Å². The molecule has 1 aromatic rings. The lowest BCUT2D eigenvalue weighted by atomic mass is 9.96. The maximum Gasteiger partial charge on any atom is 0.0537 e. The van der Waals surface area contributed by atoms with Crippen LogP contribution in [0.5, 0.6) is 0 Å². The third kappa shape index (κ3) is 4.61. The Morgan fingerprint density at radius 3 is 2.52 bits per heavy atom. The van der Waals surface area contributed by atoms with Crippen molar-refractivity contribution in [1.29, 1.82) is 0 Å². The predicted molar refractivity (Wildman–Crippen MR) is 101 cm³/mol. The van der Waals surface area contributed by atoms with Crippen LogP contribution in [0.4, 0.5) is 0 Å². The number of aliphatic hydroxyl groups excluding tert-OH is 1. The van der Waals surface area contributed by atoms with Gasteiger partial charge >= 0.3 is 0 Å². The Hall–Kier alpha value is -0.950. The van der Waals surface area contributed by atoms with Crippen LogP contribution < -0.4 is 0 Å². The molecule has 6 nitrogen and oxygen atoms in total. The molecule has 0 unspecified atom stereocenters. The van der Waals surface area contributed by atoms with E-state index in [0.29, 0.717) is 18.4 Å². The van der Waals surface area contributed by atoms with Gasteiger partial charge in [-0.1, -0.05) is 6.92 Å². The molecule has 1 N–H and O–H groups in total. The highest BCUT2D eigenvalue weighted by Crippen LogP contribution is 2.26. The van der Waals surface area contributed by atoms with Crippen molar-refractivity contribution >= 4 is 0 Å². The third-order valence-electron chi connectivity index (χ3n) is 6.01. The minimum Gasteiger partial charge on any atom is -0.396 e. The van der Waals surface area contributed by atoms with Crippen molar-refractivity contribution in [3.05, 3.63) is 17.5 Å². The fourth-order valence-electron chi connectivity index (χ4n) is 4.26. The van der Waals surface area contributed by atoms with E-state index in [-0.39, 0.29) is 0 Å². The van der Waals surface area contributed by atoms with Crippen LogP contribution in [0, 0.1) is 18.8 Å². The molecule has 0 aromatic carbocycles. The zero-order valence-electron chi connectivity index (χ0n) is 16.2. The number of piperazine rings is 1. The summed E-state index contributed by atoms with van der Waals surface area (Å²) in [6, 6.07) is 0. The van der Waals surface area contributed by atoms with Crippen molar-refractivity contribution in [2.24, 2.45) is 11.8 Å². The van der Waals surface area contributed by atoms with E-state index >= 15 is 0 Å². The van der Waals surface area contributed by atoms with Gasteiger partial charge in [-0.25, -0.2) is 0 Å². The first-order valence-corrected chi connectivity index (χ1v) is 9.86.